The van der Waals surface area contributed by atoms with Gasteiger partial charge in [0.25, 0.3) is 5.91 Å². The molecule has 1 aromatic rings. The molecule has 2 N–H and O–H groups in total. The van der Waals surface area contributed by atoms with Gasteiger partial charge in [-0.25, -0.2) is 4.79 Å². The molecule has 1 saturated heterocycles. The van der Waals surface area contributed by atoms with Crippen molar-refractivity contribution in [2.24, 2.45) is 0 Å². The number of nitrogens with one attached hydrogen (secondary N) is 2. The zero-order valence-corrected chi connectivity index (χ0v) is 14.0. The predicted molar refractivity (Wildman–Crippen MR) is 88.4 cm³/mol. The van der Waals surface area contributed by atoms with E-state index in [2.05, 4.69) is 5.32 Å². The molecule has 5 amide bonds. The Morgan fingerprint density at radius 3 is 2.35 bits per heavy atom. The predicted octanol–water partition coefficient (Wildman–Crippen LogP) is 0.0947. The summed E-state index contributed by atoms with van der Waals surface area (Å²) in [6.45, 7) is -0.452. The van der Waals surface area contributed by atoms with E-state index in [1.54, 1.807) is 0 Å². The molecule has 1 aliphatic heterocycles. The summed E-state index contributed by atoms with van der Waals surface area (Å²) in [6.07, 6.45) is 0.0910. The first-order valence-electron chi connectivity index (χ1n) is 8.06. The van der Waals surface area contributed by atoms with E-state index in [1.807, 2.05) is 35.6 Å². The lowest BCUT2D eigenvalue weighted by Gasteiger charge is -2.12. The largest absolute Gasteiger partial charge is 0.456 e. The van der Waals surface area contributed by atoms with Gasteiger partial charge in [-0.2, -0.15) is 0 Å². The summed E-state index contributed by atoms with van der Waals surface area (Å²) >= 11 is 0. The molecule has 1 fully saturated rings. The molecule has 26 heavy (non-hydrogen) atoms. The van der Waals surface area contributed by atoms with E-state index in [1.165, 1.54) is 0 Å². The van der Waals surface area contributed by atoms with Gasteiger partial charge in [-0.05, 0) is 5.56 Å². The van der Waals surface area contributed by atoms with E-state index in [9.17, 15) is 24.0 Å². The van der Waals surface area contributed by atoms with Gasteiger partial charge in [0.05, 0.1) is 6.42 Å². The smallest absolute Gasteiger partial charge is 0.321 e. The number of nitrogens with zero attached hydrogens (tertiary/aromatic N) is 1. The van der Waals surface area contributed by atoms with Gasteiger partial charge in [0.1, 0.15) is 0 Å². The molecule has 0 aromatic heterocycles. The van der Waals surface area contributed by atoms with Crippen LogP contribution in [0.25, 0.3) is 0 Å². The monoisotopic (exact) mass is 361 g/mol. The van der Waals surface area contributed by atoms with Crippen molar-refractivity contribution < 1.29 is 28.7 Å². The lowest BCUT2D eigenvalue weighted by atomic mass is 10.2. The maximum Gasteiger partial charge on any atom is 0.321 e. The highest BCUT2D eigenvalue weighted by Gasteiger charge is 2.29. The van der Waals surface area contributed by atoms with Crippen LogP contribution in [-0.4, -0.2) is 47.8 Å². The van der Waals surface area contributed by atoms with Crippen LogP contribution in [0.15, 0.2) is 30.3 Å². The van der Waals surface area contributed by atoms with Gasteiger partial charge in [0, 0.05) is 25.9 Å². The fourth-order valence-corrected chi connectivity index (χ4v) is 2.28. The van der Waals surface area contributed by atoms with Gasteiger partial charge in [-0.3, -0.25) is 29.4 Å². The number of hydrogen-bond acceptors (Lipinski definition) is 6. The third kappa shape index (κ3) is 6.00. The van der Waals surface area contributed by atoms with Crippen molar-refractivity contribution in [2.45, 2.75) is 25.8 Å². The highest BCUT2D eigenvalue weighted by molar-refractivity contribution is 6.02. The fourth-order valence-electron chi connectivity index (χ4n) is 2.28. The molecule has 0 spiro atoms. The zero-order chi connectivity index (χ0) is 18.9. The van der Waals surface area contributed by atoms with Crippen LogP contribution in [-0.2, 0) is 30.5 Å². The van der Waals surface area contributed by atoms with Crippen LogP contribution < -0.4 is 10.6 Å². The molecule has 0 atom stereocenters. The molecule has 1 aliphatic rings. The van der Waals surface area contributed by atoms with Gasteiger partial charge >= 0.3 is 12.0 Å². The second kappa shape index (κ2) is 9.30. The first kappa shape index (κ1) is 19.1. The van der Waals surface area contributed by atoms with Crippen LogP contribution >= 0.6 is 0 Å². The van der Waals surface area contributed by atoms with Gasteiger partial charge in [-0.15, -0.1) is 0 Å². The molecule has 1 aromatic carbocycles. The highest BCUT2D eigenvalue weighted by Crippen LogP contribution is 2.11. The number of benzene rings is 1. The Morgan fingerprint density at radius 2 is 1.69 bits per heavy atom. The molecule has 9 heteroatoms. The molecule has 0 bridgehead atoms. The average Bonchev–Trinajstić information content (AvgIpc) is 2.95. The van der Waals surface area contributed by atoms with Crippen LogP contribution in [0.2, 0.25) is 0 Å². The molecule has 0 unspecified atom stereocenters. The number of carbonyl (C=O) groups excluding carboxylic acids is 5. The minimum atomic E-state index is -0.780. The summed E-state index contributed by atoms with van der Waals surface area (Å²) < 4.78 is 4.72. The number of carbonyl (C=O) groups is 5. The Hall–Kier alpha value is -3.23. The van der Waals surface area contributed by atoms with Gasteiger partial charge < -0.3 is 10.1 Å². The third-order valence-electron chi connectivity index (χ3n) is 3.61. The lowest BCUT2D eigenvalue weighted by Crippen LogP contribution is -2.41. The Morgan fingerprint density at radius 1 is 1.04 bits per heavy atom. The topological polar surface area (TPSA) is 122 Å². The van der Waals surface area contributed by atoms with Crippen molar-refractivity contribution in [3.8, 4) is 0 Å². The summed E-state index contributed by atoms with van der Waals surface area (Å²) in [6, 6.07) is 8.42. The second-order valence-electron chi connectivity index (χ2n) is 5.57. The van der Waals surface area contributed by atoms with E-state index >= 15 is 0 Å². The minimum absolute atomic E-state index is 0.0737. The maximum atomic E-state index is 11.6. The average molecular weight is 361 g/mol. The van der Waals surface area contributed by atoms with Crippen molar-refractivity contribution in [1.29, 1.82) is 0 Å². The molecule has 138 valence electrons. The Bertz CT molecular complexity index is 688. The van der Waals surface area contributed by atoms with Crippen LogP contribution in [0.1, 0.15) is 24.8 Å². The number of ether oxygens (including phenoxy) is 1. The van der Waals surface area contributed by atoms with E-state index in [-0.39, 0.29) is 44.2 Å². The Kier molecular flexibility index (Phi) is 6.84. The number of imide groups is 2. The first-order chi connectivity index (χ1) is 12.5. The van der Waals surface area contributed by atoms with E-state index in [0.717, 1.165) is 10.5 Å². The molecule has 1 heterocycles. The summed E-state index contributed by atoms with van der Waals surface area (Å²) in [5, 5.41) is 4.53. The normalized spacial score (nSPS) is 13.5. The highest BCUT2D eigenvalue weighted by atomic mass is 16.5. The Balaban J connectivity index is 1.61. The Labute approximate surface area is 149 Å². The van der Waals surface area contributed by atoms with E-state index in [0.29, 0.717) is 0 Å². The molecule has 2 rings (SSSR count). The van der Waals surface area contributed by atoms with Crippen LogP contribution in [0.4, 0.5) is 4.79 Å². The second-order valence-corrected chi connectivity index (χ2v) is 5.57. The summed E-state index contributed by atoms with van der Waals surface area (Å²) in [5.74, 6) is -2.17. The number of amides is 5. The SMILES string of the molecule is O=C(COC(=O)CCN1C(=O)CCC1=O)NC(=O)NCc1ccccc1. The number of esters is 1. The van der Waals surface area contributed by atoms with Gasteiger partial charge in [0.15, 0.2) is 6.61 Å². The van der Waals surface area contributed by atoms with Crippen molar-refractivity contribution >= 4 is 29.7 Å². The zero-order valence-electron chi connectivity index (χ0n) is 14.0. The summed E-state index contributed by atoms with van der Waals surface area (Å²) in [7, 11) is 0. The summed E-state index contributed by atoms with van der Waals surface area (Å²) in [4.78, 5) is 58.5. The molecular weight excluding hydrogens is 342 g/mol. The number of urea groups is 1. The number of hydrogen-bond donors (Lipinski definition) is 2. The van der Waals surface area contributed by atoms with Crippen LogP contribution in [0.5, 0.6) is 0 Å². The van der Waals surface area contributed by atoms with Crippen LogP contribution in [0.3, 0.4) is 0 Å². The third-order valence-corrected chi connectivity index (χ3v) is 3.61. The van der Waals surface area contributed by atoms with E-state index < -0.39 is 24.5 Å². The van der Waals surface area contributed by atoms with Crippen molar-refractivity contribution in [1.82, 2.24) is 15.5 Å². The standard InChI is InChI=1S/C17H19N3O6/c21-13(19-17(25)18-10-12-4-2-1-3-5-12)11-26-16(24)8-9-20-14(22)6-7-15(20)23/h1-5H,6-11H2,(H2,18,19,21,25). The first-order valence-corrected chi connectivity index (χ1v) is 8.06. The van der Waals surface area contributed by atoms with Gasteiger partial charge in [-0.1, -0.05) is 30.3 Å². The maximum absolute atomic E-state index is 11.6. The molecule has 0 saturated carbocycles. The van der Waals surface area contributed by atoms with Crippen molar-refractivity contribution in [3.05, 3.63) is 35.9 Å². The van der Waals surface area contributed by atoms with Crippen LogP contribution in [0, 0.1) is 0 Å². The summed E-state index contributed by atoms with van der Waals surface area (Å²) in [5.41, 5.74) is 0.868. The van der Waals surface area contributed by atoms with Crippen molar-refractivity contribution in [2.75, 3.05) is 13.2 Å². The number of rotatable bonds is 7. The molecule has 0 aliphatic carbocycles. The van der Waals surface area contributed by atoms with Gasteiger partial charge in [0.2, 0.25) is 11.8 Å². The molecule has 0 radical (unpaired) electrons. The molecular formula is C17H19N3O6. The van der Waals surface area contributed by atoms with Crippen molar-refractivity contribution in [3.63, 3.8) is 0 Å². The number of likely N-dealkylation sites (tertiary alicyclic amines) is 1. The quantitative estimate of drug-likeness (QED) is 0.524. The fraction of sp³-hybridized carbons (Fsp3) is 0.353. The van der Waals surface area contributed by atoms with E-state index in [4.69, 9.17) is 4.74 Å². The minimum Gasteiger partial charge on any atom is -0.456 e. The lowest BCUT2D eigenvalue weighted by molar-refractivity contribution is -0.149. The molecule has 9 nitrogen and oxygen atoms in total.